The van der Waals surface area contributed by atoms with E-state index >= 15 is 0 Å². The summed E-state index contributed by atoms with van der Waals surface area (Å²) in [4.78, 5) is 142. The van der Waals surface area contributed by atoms with Crippen molar-refractivity contribution >= 4 is 59.7 Å². The van der Waals surface area contributed by atoms with E-state index in [-0.39, 0.29) is 44.5 Å². The third-order valence-electron chi connectivity index (χ3n) is 16.4. The quantitative estimate of drug-likeness (QED) is 0.0414. The first-order valence-corrected chi connectivity index (χ1v) is 32.7. The molecule has 15 atom stereocenters. The molecule has 3 saturated heterocycles. The van der Waals surface area contributed by atoms with Gasteiger partial charge in [-0.15, -0.1) is 0 Å². The van der Waals surface area contributed by atoms with Crippen molar-refractivity contribution in [3.63, 3.8) is 0 Å². The van der Waals surface area contributed by atoms with Gasteiger partial charge in [-0.05, 0) is 97.1 Å². The van der Waals surface area contributed by atoms with Crippen LogP contribution < -0.4 is 0 Å². The number of rotatable bonds is 25. The molecule has 0 unspecified atom stereocenters. The largest absolute Gasteiger partial charge is 0.459 e. The molecule has 0 aliphatic carbocycles. The van der Waals surface area contributed by atoms with Gasteiger partial charge in [0.2, 0.25) is 0 Å². The summed E-state index contributed by atoms with van der Waals surface area (Å²) in [5.74, 6) is -10.3. The predicted octanol–water partition coefficient (Wildman–Crippen LogP) is 8.49. The monoisotopic (exact) mass is 1420 g/mol. The first kappa shape index (κ1) is 73.4. The maximum Gasteiger partial charge on any atom is 0.338 e. The molecule has 8 aromatic rings. The molecule has 536 valence electrons. The standard InChI is InChI=1S/C78H68O26/c1-46(79)93-59-56(45-92-77-66(102-74(87)54-39-23-9-24-40-54)63(100-72(85)52-35-19-7-20-36-52)60(98-70(83)50-31-15-5-16-32-50)57(96-77)43-90-68(81)48-27-11-3-12-28-48)95-76(89)65(94-47(2)80)62(59)104-78-67(103-75(88)55-41-25-10-26-42-55)64(101-73(86)53-37-21-8-22-38-53)61(99-71(84)51-33-17-6-18-34-51)58(97-78)44-91-69(82)49-29-13-4-14-30-49/h3-42,56-67,76-78,89H,43-45H2,1-2H3/t56-,57-,58-,59-,60-,61-,62+,63+,64+,65-,66-,67-,76+,77-,78+/m1/s1. The Morgan fingerprint density at radius 3 is 0.817 bits per heavy atom. The van der Waals surface area contributed by atoms with E-state index in [1.54, 1.807) is 109 Å². The van der Waals surface area contributed by atoms with Crippen LogP contribution in [0, 0.1) is 0 Å². The molecule has 0 bridgehead atoms. The fraction of sp³-hybridized carbons (Fsp3) is 0.256. The van der Waals surface area contributed by atoms with E-state index in [1.807, 2.05) is 0 Å². The van der Waals surface area contributed by atoms with E-state index in [1.165, 1.54) is 133 Å². The molecule has 104 heavy (non-hydrogen) atoms. The van der Waals surface area contributed by atoms with Gasteiger partial charge in [-0.3, -0.25) is 9.59 Å². The summed E-state index contributed by atoms with van der Waals surface area (Å²) < 4.78 is 93.6. The summed E-state index contributed by atoms with van der Waals surface area (Å²) in [6, 6.07) is 60.5. The third kappa shape index (κ3) is 18.8. The highest BCUT2D eigenvalue weighted by Gasteiger charge is 2.59. The number of benzene rings is 8. The Bertz CT molecular complexity index is 4230. The highest BCUT2D eigenvalue weighted by atomic mass is 16.8. The molecule has 0 aromatic heterocycles. The zero-order valence-corrected chi connectivity index (χ0v) is 55.5. The Kier molecular flexibility index (Phi) is 24.9. The van der Waals surface area contributed by atoms with Crippen molar-refractivity contribution in [2.75, 3.05) is 19.8 Å². The van der Waals surface area contributed by atoms with Gasteiger partial charge in [-0.2, -0.15) is 0 Å². The second-order valence-electron chi connectivity index (χ2n) is 23.6. The molecule has 0 radical (unpaired) electrons. The van der Waals surface area contributed by atoms with E-state index in [4.69, 9.17) is 71.1 Å². The van der Waals surface area contributed by atoms with Gasteiger partial charge < -0.3 is 76.2 Å². The van der Waals surface area contributed by atoms with Gasteiger partial charge in [-0.25, -0.2) is 38.4 Å². The van der Waals surface area contributed by atoms with Crippen molar-refractivity contribution in [1.29, 1.82) is 0 Å². The van der Waals surface area contributed by atoms with Gasteiger partial charge in [0.15, 0.2) is 67.7 Å². The lowest BCUT2D eigenvalue weighted by molar-refractivity contribution is -0.361. The molecule has 11 rings (SSSR count). The molecule has 3 fully saturated rings. The lowest BCUT2D eigenvalue weighted by Crippen LogP contribution is -2.67. The Balaban J connectivity index is 1.01. The van der Waals surface area contributed by atoms with Crippen molar-refractivity contribution in [2.45, 2.75) is 106 Å². The number of esters is 10. The van der Waals surface area contributed by atoms with Gasteiger partial charge >= 0.3 is 59.7 Å². The van der Waals surface area contributed by atoms with Crippen molar-refractivity contribution in [1.82, 2.24) is 0 Å². The molecule has 0 saturated carbocycles. The average Bonchev–Trinajstić information content (AvgIpc) is 0.764. The van der Waals surface area contributed by atoms with Crippen molar-refractivity contribution in [3.8, 4) is 0 Å². The first-order valence-electron chi connectivity index (χ1n) is 32.7. The Morgan fingerprint density at radius 1 is 0.269 bits per heavy atom. The normalized spacial score (nSPS) is 24.1. The van der Waals surface area contributed by atoms with Crippen LogP contribution >= 0.6 is 0 Å². The van der Waals surface area contributed by atoms with Crippen molar-refractivity contribution in [3.05, 3.63) is 287 Å². The molecule has 8 aromatic carbocycles. The van der Waals surface area contributed by atoms with Crippen LogP contribution in [0.3, 0.4) is 0 Å². The lowest BCUT2D eigenvalue weighted by atomic mass is 9.95. The minimum absolute atomic E-state index is 0.00145. The van der Waals surface area contributed by atoms with Crippen molar-refractivity contribution in [2.24, 2.45) is 0 Å². The summed E-state index contributed by atoms with van der Waals surface area (Å²) >= 11 is 0. The summed E-state index contributed by atoms with van der Waals surface area (Å²) in [5, 5.41) is 12.3. The molecule has 1 N–H and O–H groups in total. The molecule has 3 heterocycles. The highest BCUT2D eigenvalue weighted by molar-refractivity contribution is 5.94. The summed E-state index contributed by atoms with van der Waals surface area (Å²) in [6.07, 6.45) is -30.0. The Labute approximate surface area is 594 Å². The molecule has 3 aliphatic rings. The predicted molar refractivity (Wildman–Crippen MR) is 357 cm³/mol. The molecular formula is C78H68O26. The fourth-order valence-electron chi connectivity index (χ4n) is 11.5. The first-order chi connectivity index (χ1) is 50.5. The van der Waals surface area contributed by atoms with Crippen LogP contribution in [0.2, 0.25) is 0 Å². The topological polar surface area (TPSA) is 329 Å². The van der Waals surface area contributed by atoms with Crippen LogP contribution in [-0.2, 0) is 80.6 Å². The molecule has 0 spiro atoms. The van der Waals surface area contributed by atoms with Gasteiger partial charge in [0.05, 0.1) is 51.1 Å². The number of aliphatic hydroxyl groups excluding tert-OH is 1. The lowest BCUT2D eigenvalue weighted by Gasteiger charge is -2.48. The van der Waals surface area contributed by atoms with Crippen LogP contribution in [-0.4, -0.2) is 177 Å². The maximum absolute atomic E-state index is 14.7. The van der Waals surface area contributed by atoms with Crippen LogP contribution in [0.4, 0.5) is 0 Å². The molecule has 3 aliphatic heterocycles. The van der Waals surface area contributed by atoms with Crippen LogP contribution in [0.1, 0.15) is 96.7 Å². The van der Waals surface area contributed by atoms with Gasteiger partial charge in [-0.1, -0.05) is 146 Å². The Morgan fingerprint density at radius 2 is 0.510 bits per heavy atom. The molecule has 26 heteroatoms. The number of aliphatic hydroxyl groups is 1. The molecular weight excluding hydrogens is 1350 g/mol. The summed E-state index contributed by atoms with van der Waals surface area (Å²) in [5.41, 5.74) is -0.105. The Hall–Kier alpha value is -11.8. The molecule has 26 nitrogen and oxygen atoms in total. The minimum atomic E-state index is -2.32. The van der Waals surface area contributed by atoms with E-state index in [0.717, 1.165) is 13.8 Å². The van der Waals surface area contributed by atoms with Crippen LogP contribution in [0.15, 0.2) is 243 Å². The summed E-state index contributed by atoms with van der Waals surface area (Å²) in [6.45, 7) is -0.673. The number of carbonyl (C=O) groups is 10. The number of carbonyl (C=O) groups excluding carboxylic acids is 10. The minimum Gasteiger partial charge on any atom is -0.459 e. The zero-order valence-electron chi connectivity index (χ0n) is 55.5. The SMILES string of the molecule is CC(=O)O[C@@H]1[C@@H](O[C@@H]2O[C@H](COC(=O)c3ccccc3)[C@@H](OC(=O)c3ccccc3)[C@H](OC(=O)c3ccccc3)[C@H]2OC(=O)c2ccccc2)[C@H](OC(C)=O)[C@@H](CO[C@@H]2O[C@H](COC(=O)c3ccccc3)[C@@H](OC(=O)c3ccccc3)[C@H](OC(=O)c3ccccc3)[C@H]2OC(=O)c2ccccc2)O[C@@H]1O. The van der Waals surface area contributed by atoms with Gasteiger partial charge in [0, 0.05) is 13.8 Å². The second-order valence-corrected chi connectivity index (χ2v) is 23.6. The van der Waals surface area contributed by atoms with E-state index in [9.17, 15) is 53.1 Å². The number of hydrogen-bond donors (Lipinski definition) is 1. The number of ether oxygens (including phenoxy) is 15. The fourth-order valence-corrected chi connectivity index (χ4v) is 11.5. The van der Waals surface area contributed by atoms with Gasteiger partial charge in [0.1, 0.15) is 37.6 Å². The summed E-state index contributed by atoms with van der Waals surface area (Å²) in [7, 11) is 0. The smallest absolute Gasteiger partial charge is 0.338 e. The van der Waals surface area contributed by atoms with Gasteiger partial charge in [0.25, 0.3) is 0 Å². The third-order valence-corrected chi connectivity index (χ3v) is 16.4. The highest BCUT2D eigenvalue weighted by Crippen LogP contribution is 2.38. The van der Waals surface area contributed by atoms with E-state index in [0.29, 0.717) is 0 Å². The number of hydrogen-bond acceptors (Lipinski definition) is 26. The second kappa shape index (κ2) is 35.2. The zero-order chi connectivity index (χ0) is 73.1. The average molecular weight is 1420 g/mol. The van der Waals surface area contributed by atoms with E-state index in [2.05, 4.69) is 0 Å². The van der Waals surface area contributed by atoms with E-state index < -0.39 is 172 Å². The van der Waals surface area contributed by atoms with Crippen molar-refractivity contribution < 1.29 is 124 Å². The van der Waals surface area contributed by atoms with Crippen LogP contribution in [0.5, 0.6) is 0 Å². The maximum atomic E-state index is 14.7. The molecule has 0 amide bonds. The van der Waals surface area contributed by atoms with Crippen LogP contribution in [0.25, 0.3) is 0 Å².